The zero-order chi connectivity index (χ0) is 19.0. The topological polar surface area (TPSA) is 75.3 Å². The number of hydrogen-bond acceptors (Lipinski definition) is 3. The minimum atomic E-state index is -3.76. The van der Waals surface area contributed by atoms with Crippen LogP contribution in [0, 0.1) is 6.92 Å². The number of fused-ring (bicyclic) bond motifs is 2. The molecule has 2 aromatic carbocycles. The molecule has 143 valence electrons. The number of carbonyl (C=O) groups excluding carboxylic acids is 1. The normalized spacial score (nSPS) is 14.8. The molecular weight excluding hydrogens is 383 g/mol. The van der Waals surface area contributed by atoms with Gasteiger partial charge in [0.15, 0.2) is 0 Å². The molecule has 5 nitrogen and oxygen atoms in total. The maximum Gasteiger partial charge on any atom is 0.332 e. The molecule has 0 aliphatic heterocycles. The molecule has 0 fully saturated rings. The summed E-state index contributed by atoms with van der Waals surface area (Å²) in [6, 6.07) is 8.87. The Labute approximate surface area is 188 Å². The van der Waals surface area contributed by atoms with Crippen molar-refractivity contribution < 1.29 is 13.2 Å². The van der Waals surface area contributed by atoms with Crippen molar-refractivity contribution in [2.45, 2.75) is 51.2 Å². The van der Waals surface area contributed by atoms with Gasteiger partial charge in [-0.05, 0) is 73.3 Å². The molecule has 2 N–H and O–H groups in total. The third kappa shape index (κ3) is 4.62. The Kier molecular flexibility index (Phi) is 6.54. The van der Waals surface area contributed by atoms with E-state index >= 15 is 0 Å². The average molecular weight is 407 g/mol. The van der Waals surface area contributed by atoms with Crippen molar-refractivity contribution in [1.82, 2.24) is 4.72 Å². The van der Waals surface area contributed by atoms with Gasteiger partial charge in [-0.2, -0.15) is 0 Å². The number of rotatable bonds is 4. The number of benzene rings is 2. The number of urea groups is 1. The quantitative estimate of drug-likeness (QED) is 0.764. The van der Waals surface area contributed by atoms with E-state index in [1.54, 1.807) is 12.1 Å². The van der Waals surface area contributed by atoms with Crippen LogP contribution in [0.15, 0.2) is 30.3 Å². The Morgan fingerprint density at radius 1 is 0.964 bits per heavy atom. The number of sulfonamides is 1. The molecule has 7 heteroatoms. The van der Waals surface area contributed by atoms with Crippen molar-refractivity contribution in [3.63, 3.8) is 0 Å². The summed E-state index contributed by atoms with van der Waals surface area (Å²) in [5, 5.41) is 2.86. The van der Waals surface area contributed by atoms with Crippen LogP contribution in [0.25, 0.3) is 0 Å². The fourth-order valence-electron chi connectivity index (χ4n) is 4.19. The van der Waals surface area contributed by atoms with E-state index < -0.39 is 16.1 Å². The molecule has 0 unspecified atom stereocenters. The summed E-state index contributed by atoms with van der Waals surface area (Å²) in [7, 11) is -3.76. The van der Waals surface area contributed by atoms with Crippen LogP contribution in [0.5, 0.6) is 0 Å². The maximum atomic E-state index is 12.5. The van der Waals surface area contributed by atoms with Gasteiger partial charge in [0.1, 0.15) is 0 Å². The van der Waals surface area contributed by atoms with Crippen molar-refractivity contribution in [3.8, 4) is 0 Å². The van der Waals surface area contributed by atoms with Crippen LogP contribution in [-0.4, -0.2) is 44.0 Å². The van der Waals surface area contributed by atoms with Crippen molar-refractivity contribution in [3.05, 3.63) is 63.7 Å². The molecule has 0 bridgehead atoms. The van der Waals surface area contributed by atoms with E-state index in [-0.39, 0.29) is 35.3 Å². The summed E-state index contributed by atoms with van der Waals surface area (Å²) in [5.41, 5.74) is 7.53. The predicted molar refractivity (Wildman–Crippen MR) is 112 cm³/mol. The zero-order valence-electron chi connectivity index (χ0n) is 16.5. The van der Waals surface area contributed by atoms with E-state index in [0.717, 1.165) is 49.8 Å². The molecule has 0 saturated heterocycles. The molecule has 2 aliphatic carbocycles. The smallest absolute Gasteiger partial charge is 0.307 e. The summed E-state index contributed by atoms with van der Waals surface area (Å²) in [6.45, 7) is 1.95. The standard InChI is InChI=1S/C21H24N2O3S.Na/c1-14-8-10-15(11-9-14)13-27(25,26)23-21(24)22-20-18-6-2-4-16(18)12-17-5-3-7-19(17)20;/h8-12H,2-7,13H2,1H3,(H2,22,23,24);. The summed E-state index contributed by atoms with van der Waals surface area (Å²) < 4.78 is 26.9. The Bertz CT molecular complexity index is 969. The molecule has 2 amide bonds. The average Bonchev–Trinajstić information content (AvgIpc) is 3.25. The second-order valence-corrected chi connectivity index (χ2v) is 9.26. The largest absolute Gasteiger partial charge is 0.332 e. The number of amides is 2. The first-order valence-corrected chi connectivity index (χ1v) is 11.1. The Morgan fingerprint density at radius 3 is 2.11 bits per heavy atom. The van der Waals surface area contributed by atoms with Gasteiger partial charge in [0.05, 0.1) is 5.75 Å². The number of carbonyl (C=O) groups is 1. The number of anilines is 1. The second-order valence-electron chi connectivity index (χ2n) is 7.53. The number of nitrogens with one attached hydrogen (secondary N) is 2. The summed E-state index contributed by atoms with van der Waals surface area (Å²) in [6.07, 6.45) is 6.11. The molecule has 0 heterocycles. The van der Waals surface area contributed by atoms with E-state index in [2.05, 4.69) is 16.1 Å². The van der Waals surface area contributed by atoms with E-state index in [1.165, 1.54) is 22.3 Å². The Morgan fingerprint density at radius 2 is 1.54 bits per heavy atom. The van der Waals surface area contributed by atoms with Gasteiger partial charge in [-0.1, -0.05) is 35.9 Å². The monoisotopic (exact) mass is 407 g/mol. The van der Waals surface area contributed by atoms with Crippen LogP contribution in [0.2, 0.25) is 0 Å². The van der Waals surface area contributed by atoms with Gasteiger partial charge in [-0.25, -0.2) is 17.9 Å². The molecule has 0 atom stereocenters. The van der Waals surface area contributed by atoms with Gasteiger partial charge in [-0.3, -0.25) is 0 Å². The van der Waals surface area contributed by atoms with Gasteiger partial charge in [0.25, 0.3) is 0 Å². The summed E-state index contributed by atoms with van der Waals surface area (Å²) >= 11 is 0. The van der Waals surface area contributed by atoms with Crippen molar-refractivity contribution in [2.24, 2.45) is 0 Å². The first-order valence-electron chi connectivity index (χ1n) is 9.45. The van der Waals surface area contributed by atoms with Crippen molar-refractivity contribution >= 4 is 51.3 Å². The molecule has 4 rings (SSSR count). The van der Waals surface area contributed by atoms with Crippen LogP contribution in [0.3, 0.4) is 0 Å². The third-order valence-electron chi connectivity index (χ3n) is 5.44. The van der Waals surface area contributed by atoms with Crippen LogP contribution >= 0.6 is 0 Å². The Hall–Kier alpha value is -1.34. The minimum Gasteiger partial charge on any atom is -0.307 e. The van der Waals surface area contributed by atoms with Gasteiger partial charge >= 0.3 is 6.03 Å². The number of aryl methyl sites for hydroxylation is 3. The third-order valence-corrected chi connectivity index (χ3v) is 6.65. The number of hydrogen-bond donors (Lipinski definition) is 2. The van der Waals surface area contributed by atoms with Crippen LogP contribution < -0.4 is 10.0 Å². The molecule has 1 radical (unpaired) electrons. The molecule has 28 heavy (non-hydrogen) atoms. The Balaban J connectivity index is 0.00000225. The van der Waals surface area contributed by atoms with Gasteiger partial charge in [0, 0.05) is 35.2 Å². The molecule has 0 spiro atoms. The summed E-state index contributed by atoms with van der Waals surface area (Å²) in [4.78, 5) is 12.5. The SMILES string of the molecule is Cc1ccc(CS(=O)(=O)NC(=O)Nc2c3c(cc4c2CCC4)CCC3)cc1.[Na]. The van der Waals surface area contributed by atoms with Crippen molar-refractivity contribution in [2.75, 3.05) is 5.32 Å². The van der Waals surface area contributed by atoms with Crippen LogP contribution in [-0.2, 0) is 41.5 Å². The van der Waals surface area contributed by atoms with E-state index in [1.807, 2.05) is 19.1 Å². The fraction of sp³-hybridized carbons (Fsp3) is 0.381. The van der Waals surface area contributed by atoms with Crippen LogP contribution in [0.4, 0.5) is 10.5 Å². The molecule has 0 aromatic heterocycles. The molecule has 0 saturated carbocycles. The van der Waals surface area contributed by atoms with Gasteiger partial charge in [0.2, 0.25) is 10.0 Å². The second kappa shape index (κ2) is 8.57. The predicted octanol–water partition coefficient (Wildman–Crippen LogP) is 3.24. The van der Waals surface area contributed by atoms with Gasteiger partial charge in [-0.15, -0.1) is 0 Å². The minimum absolute atomic E-state index is 0. The zero-order valence-corrected chi connectivity index (χ0v) is 19.3. The van der Waals surface area contributed by atoms with Gasteiger partial charge < -0.3 is 5.32 Å². The molecule has 2 aromatic rings. The maximum absolute atomic E-state index is 12.5. The van der Waals surface area contributed by atoms with E-state index in [0.29, 0.717) is 5.56 Å². The molecular formula is C21H24N2NaO3S. The summed E-state index contributed by atoms with van der Waals surface area (Å²) in [5.74, 6) is -0.217. The van der Waals surface area contributed by atoms with E-state index in [9.17, 15) is 13.2 Å². The first kappa shape index (κ1) is 21.4. The fourth-order valence-corrected chi connectivity index (χ4v) is 5.22. The van der Waals surface area contributed by atoms with Crippen molar-refractivity contribution in [1.29, 1.82) is 0 Å². The molecule has 2 aliphatic rings. The van der Waals surface area contributed by atoms with Crippen LogP contribution in [0.1, 0.15) is 46.2 Å². The van der Waals surface area contributed by atoms with E-state index in [4.69, 9.17) is 0 Å². The first-order chi connectivity index (χ1) is 12.9.